The highest BCUT2D eigenvalue weighted by atomic mass is 16.1. The van der Waals surface area contributed by atoms with Crippen LogP contribution in [-0.2, 0) is 11.2 Å². The Bertz CT molecular complexity index is 982. The lowest BCUT2D eigenvalue weighted by Crippen LogP contribution is -2.30. The molecule has 0 radical (unpaired) electrons. The van der Waals surface area contributed by atoms with Gasteiger partial charge in [-0.05, 0) is 22.8 Å². The van der Waals surface area contributed by atoms with E-state index in [9.17, 15) is 4.79 Å². The van der Waals surface area contributed by atoms with Gasteiger partial charge in [0.25, 0.3) is 0 Å². The van der Waals surface area contributed by atoms with Crippen LogP contribution in [0, 0.1) is 0 Å². The van der Waals surface area contributed by atoms with Crippen molar-refractivity contribution in [2.75, 3.05) is 6.54 Å². The zero-order valence-electron chi connectivity index (χ0n) is 15.1. The van der Waals surface area contributed by atoms with Crippen LogP contribution in [0.5, 0.6) is 0 Å². The molecule has 134 valence electrons. The van der Waals surface area contributed by atoms with Crippen molar-refractivity contribution in [3.8, 4) is 0 Å². The number of nitrogens with one attached hydrogen (secondary N) is 2. The molecule has 2 N–H and O–H groups in total. The SMILES string of the molecule is O=C(Cc1c[nH]c2ccccc12)NCC(c1ccccc1)c1ccccc1. The summed E-state index contributed by atoms with van der Waals surface area (Å²) in [6.45, 7) is 0.579. The van der Waals surface area contributed by atoms with Crippen LogP contribution >= 0.6 is 0 Å². The maximum Gasteiger partial charge on any atom is 0.224 e. The van der Waals surface area contributed by atoms with Crippen LogP contribution in [0.4, 0.5) is 0 Å². The quantitative estimate of drug-likeness (QED) is 0.520. The molecular weight excluding hydrogens is 332 g/mol. The maximum atomic E-state index is 12.6. The van der Waals surface area contributed by atoms with Gasteiger partial charge < -0.3 is 10.3 Å². The van der Waals surface area contributed by atoms with Crippen molar-refractivity contribution in [3.63, 3.8) is 0 Å². The Morgan fingerprint density at radius 3 is 2.07 bits per heavy atom. The van der Waals surface area contributed by atoms with E-state index in [1.807, 2.05) is 66.9 Å². The van der Waals surface area contributed by atoms with E-state index in [1.54, 1.807) is 0 Å². The largest absolute Gasteiger partial charge is 0.361 e. The van der Waals surface area contributed by atoms with E-state index < -0.39 is 0 Å². The van der Waals surface area contributed by atoms with Crippen molar-refractivity contribution < 1.29 is 4.79 Å². The molecule has 3 heteroatoms. The molecule has 1 aromatic heterocycles. The fourth-order valence-electron chi connectivity index (χ4n) is 3.53. The monoisotopic (exact) mass is 354 g/mol. The van der Waals surface area contributed by atoms with Crippen molar-refractivity contribution in [2.45, 2.75) is 12.3 Å². The van der Waals surface area contributed by atoms with Crippen LogP contribution in [0.25, 0.3) is 10.9 Å². The smallest absolute Gasteiger partial charge is 0.224 e. The van der Waals surface area contributed by atoms with Crippen LogP contribution in [0.3, 0.4) is 0 Å². The van der Waals surface area contributed by atoms with E-state index in [0.717, 1.165) is 16.5 Å². The van der Waals surface area contributed by atoms with Crippen LogP contribution in [0.1, 0.15) is 22.6 Å². The maximum absolute atomic E-state index is 12.6. The van der Waals surface area contributed by atoms with Gasteiger partial charge in [-0.15, -0.1) is 0 Å². The summed E-state index contributed by atoms with van der Waals surface area (Å²) in [7, 11) is 0. The molecule has 0 saturated heterocycles. The molecule has 0 aliphatic rings. The van der Waals surface area contributed by atoms with Gasteiger partial charge in [-0.3, -0.25) is 4.79 Å². The minimum absolute atomic E-state index is 0.0385. The number of H-pyrrole nitrogens is 1. The fraction of sp³-hybridized carbons (Fsp3) is 0.125. The zero-order valence-corrected chi connectivity index (χ0v) is 15.1. The predicted octanol–water partition coefficient (Wildman–Crippen LogP) is 4.66. The van der Waals surface area contributed by atoms with Crippen molar-refractivity contribution in [2.24, 2.45) is 0 Å². The molecule has 0 unspecified atom stereocenters. The number of rotatable bonds is 6. The molecule has 0 aliphatic heterocycles. The normalized spacial score (nSPS) is 11.0. The van der Waals surface area contributed by atoms with Crippen molar-refractivity contribution in [1.82, 2.24) is 10.3 Å². The molecule has 3 nitrogen and oxygen atoms in total. The number of benzene rings is 3. The van der Waals surface area contributed by atoms with Gasteiger partial charge in [0, 0.05) is 29.6 Å². The standard InChI is InChI=1S/C24H22N2O/c27-24(15-20-16-25-23-14-8-7-13-21(20)23)26-17-22(18-9-3-1-4-10-18)19-11-5-2-6-12-19/h1-14,16,22,25H,15,17H2,(H,26,27). The van der Waals surface area contributed by atoms with E-state index in [2.05, 4.69) is 34.6 Å². The third-order valence-corrected chi connectivity index (χ3v) is 4.93. The topological polar surface area (TPSA) is 44.9 Å². The number of fused-ring (bicyclic) bond motifs is 1. The molecule has 4 rings (SSSR count). The number of hydrogen-bond acceptors (Lipinski definition) is 1. The molecule has 4 aromatic rings. The first kappa shape index (κ1) is 17.1. The lowest BCUT2D eigenvalue weighted by Gasteiger charge is -2.19. The summed E-state index contributed by atoms with van der Waals surface area (Å²) in [6, 6.07) is 28.7. The van der Waals surface area contributed by atoms with E-state index in [4.69, 9.17) is 0 Å². The molecule has 1 heterocycles. The summed E-state index contributed by atoms with van der Waals surface area (Å²) in [6.07, 6.45) is 2.30. The van der Waals surface area contributed by atoms with E-state index in [1.165, 1.54) is 11.1 Å². The minimum atomic E-state index is 0.0385. The highest BCUT2D eigenvalue weighted by molar-refractivity contribution is 5.88. The lowest BCUT2D eigenvalue weighted by atomic mass is 9.91. The number of para-hydroxylation sites is 1. The number of aromatic amines is 1. The van der Waals surface area contributed by atoms with Crippen molar-refractivity contribution in [1.29, 1.82) is 0 Å². The second kappa shape index (κ2) is 7.92. The van der Waals surface area contributed by atoms with Gasteiger partial charge in [0.1, 0.15) is 0 Å². The second-order valence-electron chi connectivity index (χ2n) is 6.71. The molecule has 0 spiro atoms. The van der Waals surface area contributed by atoms with Gasteiger partial charge >= 0.3 is 0 Å². The van der Waals surface area contributed by atoms with Crippen LogP contribution in [0.2, 0.25) is 0 Å². The molecule has 1 amide bonds. The first-order valence-electron chi connectivity index (χ1n) is 9.23. The Labute approximate surface area is 159 Å². The average molecular weight is 354 g/mol. The van der Waals surface area contributed by atoms with Gasteiger partial charge in [-0.25, -0.2) is 0 Å². The Morgan fingerprint density at radius 2 is 1.41 bits per heavy atom. The van der Waals surface area contributed by atoms with Gasteiger partial charge in [0.2, 0.25) is 5.91 Å². The van der Waals surface area contributed by atoms with E-state index >= 15 is 0 Å². The predicted molar refractivity (Wildman–Crippen MR) is 110 cm³/mol. The van der Waals surface area contributed by atoms with Crippen LogP contribution in [0.15, 0.2) is 91.1 Å². The third-order valence-electron chi connectivity index (χ3n) is 4.93. The molecule has 0 fully saturated rings. The third kappa shape index (κ3) is 3.93. The molecule has 0 saturated carbocycles. The molecule has 27 heavy (non-hydrogen) atoms. The van der Waals surface area contributed by atoms with Gasteiger partial charge in [0.05, 0.1) is 6.42 Å². The number of carbonyl (C=O) groups is 1. The lowest BCUT2D eigenvalue weighted by molar-refractivity contribution is -0.120. The first-order valence-corrected chi connectivity index (χ1v) is 9.23. The Kier molecular flexibility index (Phi) is 5.01. The molecule has 3 aromatic carbocycles. The van der Waals surface area contributed by atoms with Crippen LogP contribution < -0.4 is 5.32 Å². The molecule has 0 aliphatic carbocycles. The minimum Gasteiger partial charge on any atom is -0.361 e. The summed E-state index contributed by atoms with van der Waals surface area (Å²) in [5.41, 5.74) is 4.50. The Hall–Kier alpha value is -3.33. The number of hydrogen-bond donors (Lipinski definition) is 2. The zero-order chi connectivity index (χ0) is 18.5. The molecule has 0 atom stereocenters. The summed E-state index contributed by atoms with van der Waals surface area (Å²) < 4.78 is 0. The van der Waals surface area contributed by atoms with E-state index in [0.29, 0.717) is 13.0 Å². The van der Waals surface area contributed by atoms with Crippen LogP contribution in [-0.4, -0.2) is 17.4 Å². The fourth-order valence-corrected chi connectivity index (χ4v) is 3.53. The second-order valence-corrected chi connectivity index (χ2v) is 6.71. The number of carbonyl (C=O) groups excluding carboxylic acids is 1. The van der Waals surface area contributed by atoms with E-state index in [-0.39, 0.29) is 11.8 Å². The Morgan fingerprint density at radius 1 is 0.815 bits per heavy atom. The van der Waals surface area contributed by atoms with Crippen molar-refractivity contribution in [3.05, 3.63) is 108 Å². The van der Waals surface area contributed by atoms with Gasteiger partial charge in [0.15, 0.2) is 0 Å². The average Bonchev–Trinajstić information content (AvgIpc) is 3.13. The van der Waals surface area contributed by atoms with Gasteiger partial charge in [-0.2, -0.15) is 0 Å². The Balaban J connectivity index is 1.48. The number of amides is 1. The van der Waals surface area contributed by atoms with Crippen molar-refractivity contribution >= 4 is 16.8 Å². The highest BCUT2D eigenvalue weighted by Crippen LogP contribution is 2.24. The summed E-state index contributed by atoms with van der Waals surface area (Å²) in [5, 5.41) is 4.24. The van der Waals surface area contributed by atoms with Gasteiger partial charge in [-0.1, -0.05) is 78.9 Å². The molecule has 0 bridgehead atoms. The number of aromatic nitrogens is 1. The summed E-state index contributed by atoms with van der Waals surface area (Å²) in [4.78, 5) is 15.8. The molecular formula is C24H22N2O. The highest BCUT2D eigenvalue weighted by Gasteiger charge is 2.16. The summed E-state index contributed by atoms with van der Waals surface area (Å²) >= 11 is 0. The first-order chi connectivity index (χ1) is 13.3. The summed E-state index contributed by atoms with van der Waals surface area (Å²) in [5.74, 6) is 0.177.